The molecule has 0 spiro atoms. The quantitative estimate of drug-likeness (QED) is 0.789. The molecule has 4 rings (SSSR count). The minimum Gasteiger partial charge on any atom is -0.353 e. The second-order valence-corrected chi connectivity index (χ2v) is 6.43. The van der Waals surface area contributed by atoms with Gasteiger partial charge in [0.15, 0.2) is 11.5 Å². The number of amides is 1. The summed E-state index contributed by atoms with van der Waals surface area (Å²) >= 11 is 0. The van der Waals surface area contributed by atoms with Crippen LogP contribution in [0.25, 0.3) is 5.65 Å². The number of rotatable bonds is 3. The summed E-state index contributed by atoms with van der Waals surface area (Å²) in [4.78, 5) is 14.7. The number of benzene rings is 1. The molecule has 3 aromatic rings. The molecule has 1 saturated heterocycles. The van der Waals surface area contributed by atoms with E-state index in [2.05, 4.69) is 25.5 Å². The van der Waals surface area contributed by atoms with Crippen LogP contribution in [0, 0.1) is 13.8 Å². The highest BCUT2D eigenvalue weighted by atomic mass is 16.1. The fourth-order valence-corrected chi connectivity index (χ4v) is 3.23. The zero-order valence-electron chi connectivity index (χ0n) is 14.3. The smallest absolute Gasteiger partial charge is 0.251 e. The number of carbonyl (C=O) groups is 1. The summed E-state index contributed by atoms with van der Waals surface area (Å²) in [7, 11) is 0. The Balaban J connectivity index is 1.46. The van der Waals surface area contributed by atoms with E-state index < -0.39 is 0 Å². The number of aromatic nitrogens is 4. The van der Waals surface area contributed by atoms with Crippen LogP contribution in [0.2, 0.25) is 0 Å². The summed E-state index contributed by atoms with van der Waals surface area (Å²) in [5, 5.41) is 15.8. The van der Waals surface area contributed by atoms with E-state index in [9.17, 15) is 4.79 Å². The van der Waals surface area contributed by atoms with E-state index in [1.807, 2.05) is 50.2 Å². The van der Waals surface area contributed by atoms with Gasteiger partial charge in [-0.3, -0.25) is 4.79 Å². The van der Waals surface area contributed by atoms with E-state index in [1.54, 1.807) is 4.52 Å². The van der Waals surface area contributed by atoms with Crippen LogP contribution in [0.5, 0.6) is 0 Å². The molecule has 2 aromatic heterocycles. The molecule has 1 amide bonds. The first-order chi connectivity index (χ1) is 12.1. The summed E-state index contributed by atoms with van der Waals surface area (Å²) in [5.41, 5.74) is 2.47. The molecule has 1 atom stereocenters. The van der Waals surface area contributed by atoms with Crippen LogP contribution in [-0.2, 0) is 0 Å². The molecule has 1 N–H and O–H groups in total. The molecule has 3 heterocycles. The lowest BCUT2D eigenvalue weighted by Gasteiger charge is -2.18. The third-order valence-corrected chi connectivity index (χ3v) is 4.64. The molecule has 1 unspecified atom stereocenters. The van der Waals surface area contributed by atoms with Gasteiger partial charge < -0.3 is 10.2 Å². The largest absolute Gasteiger partial charge is 0.353 e. The Hall–Kier alpha value is -2.96. The summed E-state index contributed by atoms with van der Waals surface area (Å²) in [6.07, 6.45) is 0.901. The third-order valence-electron chi connectivity index (χ3n) is 4.64. The van der Waals surface area contributed by atoms with E-state index in [4.69, 9.17) is 0 Å². The van der Waals surface area contributed by atoms with E-state index in [-0.39, 0.29) is 11.9 Å². The van der Waals surface area contributed by atoms with E-state index in [0.717, 1.165) is 47.9 Å². The Bertz CT molecular complexity index is 934. The number of carbonyl (C=O) groups excluding carboxylic acids is 1. The summed E-state index contributed by atoms with van der Waals surface area (Å²) in [6, 6.07) is 11.6. The third kappa shape index (κ3) is 2.93. The van der Waals surface area contributed by atoms with Gasteiger partial charge in [-0.15, -0.1) is 15.3 Å². The van der Waals surface area contributed by atoms with Gasteiger partial charge in [0.1, 0.15) is 5.82 Å². The minimum absolute atomic E-state index is 0.0111. The minimum atomic E-state index is -0.0111. The van der Waals surface area contributed by atoms with Gasteiger partial charge in [-0.05, 0) is 44.0 Å². The van der Waals surface area contributed by atoms with Crippen LogP contribution in [-0.4, -0.2) is 44.8 Å². The van der Waals surface area contributed by atoms with Crippen molar-refractivity contribution in [1.82, 2.24) is 25.1 Å². The van der Waals surface area contributed by atoms with E-state index in [1.165, 1.54) is 0 Å². The van der Waals surface area contributed by atoms with Gasteiger partial charge in [-0.25, -0.2) is 0 Å². The van der Waals surface area contributed by atoms with Crippen molar-refractivity contribution in [2.45, 2.75) is 26.3 Å². The first-order valence-corrected chi connectivity index (χ1v) is 8.42. The van der Waals surface area contributed by atoms with E-state index in [0.29, 0.717) is 0 Å². The molecule has 0 saturated carbocycles. The molecule has 128 valence electrons. The zero-order valence-corrected chi connectivity index (χ0v) is 14.3. The SMILES string of the molecule is Cc1ccccc1C(=O)NC1CCN(c2ccc3nnc(C)n3n2)C1. The van der Waals surface area contributed by atoms with Crippen molar-refractivity contribution in [2.24, 2.45) is 0 Å². The Morgan fingerprint density at radius 2 is 2.00 bits per heavy atom. The molecule has 0 aliphatic carbocycles. The highest BCUT2D eigenvalue weighted by Gasteiger charge is 2.26. The second-order valence-electron chi connectivity index (χ2n) is 6.43. The molecule has 1 aromatic carbocycles. The monoisotopic (exact) mass is 336 g/mol. The molecular formula is C18H20N6O. The highest BCUT2D eigenvalue weighted by Crippen LogP contribution is 2.19. The van der Waals surface area contributed by atoms with Crippen LogP contribution in [0.4, 0.5) is 5.82 Å². The summed E-state index contributed by atoms with van der Waals surface area (Å²) in [5.74, 6) is 1.63. The zero-order chi connectivity index (χ0) is 17.4. The molecule has 0 radical (unpaired) electrons. The Morgan fingerprint density at radius 1 is 1.16 bits per heavy atom. The van der Waals surface area contributed by atoms with Gasteiger partial charge >= 0.3 is 0 Å². The fraction of sp³-hybridized carbons (Fsp3) is 0.333. The van der Waals surface area contributed by atoms with Crippen molar-refractivity contribution in [3.8, 4) is 0 Å². The number of aryl methyl sites for hydroxylation is 2. The maximum atomic E-state index is 12.5. The lowest BCUT2D eigenvalue weighted by atomic mass is 10.1. The van der Waals surface area contributed by atoms with Gasteiger partial charge in [0, 0.05) is 24.7 Å². The predicted molar refractivity (Wildman–Crippen MR) is 94.8 cm³/mol. The fourth-order valence-electron chi connectivity index (χ4n) is 3.23. The van der Waals surface area contributed by atoms with Crippen molar-refractivity contribution < 1.29 is 4.79 Å². The molecular weight excluding hydrogens is 316 g/mol. The molecule has 1 fully saturated rings. The first-order valence-electron chi connectivity index (χ1n) is 8.42. The van der Waals surface area contributed by atoms with Crippen LogP contribution < -0.4 is 10.2 Å². The van der Waals surface area contributed by atoms with Crippen molar-refractivity contribution in [3.63, 3.8) is 0 Å². The van der Waals surface area contributed by atoms with Crippen molar-refractivity contribution in [3.05, 3.63) is 53.3 Å². The van der Waals surface area contributed by atoms with Crippen molar-refractivity contribution >= 4 is 17.4 Å². The molecule has 25 heavy (non-hydrogen) atoms. The van der Waals surface area contributed by atoms with Gasteiger partial charge in [-0.2, -0.15) is 4.52 Å². The topological polar surface area (TPSA) is 75.4 Å². The molecule has 1 aliphatic rings. The lowest BCUT2D eigenvalue weighted by Crippen LogP contribution is -2.37. The highest BCUT2D eigenvalue weighted by molar-refractivity contribution is 5.95. The molecule has 1 aliphatic heterocycles. The van der Waals surface area contributed by atoms with Gasteiger partial charge in [0.05, 0.1) is 0 Å². The first kappa shape index (κ1) is 15.6. The van der Waals surface area contributed by atoms with Crippen LogP contribution in [0.1, 0.15) is 28.2 Å². The Kier molecular flexibility index (Phi) is 3.83. The van der Waals surface area contributed by atoms with Crippen LogP contribution in [0.3, 0.4) is 0 Å². The Morgan fingerprint density at radius 3 is 2.84 bits per heavy atom. The number of nitrogens with zero attached hydrogens (tertiary/aromatic N) is 5. The number of anilines is 1. The number of nitrogens with one attached hydrogen (secondary N) is 1. The number of fused-ring (bicyclic) bond motifs is 1. The van der Waals surface area contributed by atoms with Gasteiger partial charge in [-0.1, -0.05) is 18.2 Å². The summed E-state index contributed by atoms with van der Waals surface area (Å²) in [6.45, 7) is 5.44. The number of hydrogen-bond acceptors (Lipinski definition) is 5. The van der Waals surface area contributed by atoms with Crippen molar-refractivity contribution in [2.75, 3.05) is 18.0 Å². The molecule has 7 nitrogen and oxygen atoms in total. The van der Waals surface area contributed by atoms with Crippen LogP contribution in [0.15, 0.2) is 36.4 Å². The molecule has 0 bridgehead atoms. The van der Waals surface area contributed by atoms with E-state index >= 15 is 0 Å². The maximum absolute atomic E-state index is 12.5. The maximum Gasteiger partial charge on any atom is 0.251 e. The number of hydrogen-bond donors (Lipinski definition) is 1. The normalized spacial score (nSPS) is 17.2. The standard InChI is InChI=1S/C18H20N6O/c1-12-5-3-4-6-15(12)18(25)19-14-9-10-23(11-14)17-8-7-16-21-20-13(2)24(16)22-17/h3-8,14H,9-11H2,1-2H3,(H,19,25). The molecule has 7 heteroatoms. The van der Waals surface area contributed by atoms with Gasteiger partial charge in [0.2, 0.25) is 0 Å². The van der Waals surface area contributed by atoms with Crippen molar-refractivity contribution in [1.29, 1.82) is 0 Å². The second kappa shape index (κ2) is 6.16. The lowest BCUT2D eigenvalue weighted by molar-refractivity contribution is 0.0940. The Labute approximate surface area is 145 Å². The van der Waals surface area contributed by atoms with Gasteiger partial charge in [0.25, 0.3) is 5.91 Å². The summed E-state index contributed by atoms with van der Waals surface area (Å²) < 4.78 is 1.74. The average molecular weight is 336 g/mol. The average Bonchev–Trinajstić information content (AvgIpc) is 3.22. The van der Waals surface area contributed by atoms with Crippen LogP contribution >= 0.6 is 0 Å². The predicted octanol–water partition coefficient (Wildman–Crippen LogP) is 1.75.